The third-order valence-corrected chi connectivity index (χ3v) is 3.02. The third kappa shape index (κ3) is 2.77. The number of ether oxygens (including phenoxy) is 3. The standard InChI is InChI=1S/C11H20O4/c1-7-5-8(2)11(14-4)15-10(7)9(6-12)13-3/h6-11H,5H2,1-4H3/t7-,8+,9-,10-,11-/m1/s1. The van der Waals surface area contributed by atoms with E-state index >= 15 is 0 Å². The van der Waals surface area contributed by atoms with Crippen LogP contribution in [0.3, 0.4) is 0 Å². The topological polar surface area (TPSA) is 44.8 Å². The molecule has 4 heteroatoms. The minimum absolute atomic E-state index is 0.200. The molecular formula is C11H20O4. The molecule has 1 heterocycles. The number of methoxy groups -OCH3 is 2. The fourth-order valence-electron chi connectivity index (χ4n) is 2.21. The summed E-state index contributed by atoms with van der Waals surface area (Å²) in [6.07, 6.45) is 0.850. The van der Waals surface area contributed by atoms with Crippen LogP contribution >= 0.6 is 0 Å². The van der Waals surface area contributed by atoms with Gasteiger partial charge in [0.1, 0.15) is 6.10 Å². The van der Waals surface area contributed by atoms with Crippen molar-refractivity contribution in [3.63, 3.8) is 0 Å². The van der Waals surface area contributed by atoms with Gasteiger partial charge in [-0.2, -0.15) is 0 Å². The molecule has 1 aliphatic rings. The molecule has 4 nitrogen and oxygen atoms in total. The predicted molar refractivity (Wildman–Crippen MR) is 55.5 cm³/mol. The second-order valence-corrected chi connectivity index (χ2v) is 4.23. The molecule has 5 atom stereocenters. The van der Waals surface area contributed by atoms with Gasteiger partial charge in [0.2, 0.25) is 0 Å². The van der Waals surface area contributed by atoms with Crippen LogP contribution in [-0.2, 0) is 19.0 Å². The first kappa shape index (κ1) is 12.6. The van der Waals surface area contributed by atoms with Gasteiger partial charge in [0.25, 0.3) is 0 Å². The van der Waals surface area contributed by atoms with Gasteiger partial charge in [-0.25, -0.2) is 0 Å². The summed E-state index contributed by atoms with van der Waals surface area (Å²) in [4.78, 5) is 10.8. The summed E-state index contributed by atoms with van der Waals surface area (Å²) >= 11 is 0. The Morgan fingerprint density at radius 2 is 2.00 bits per heavy atom. The molecule has 0 N–H and O–H groups in total. The molecule has 0 amide bonds. The lowest BCUT2D eigenvalue weighted by Crippen LogP contribution is -2.47. The van der Waals surface area contributed by atoms with Crippen molar-refractivity contribution in [1.29, 1.82) is 0 Å². The zero-order valence-electron chi connectivity index (χ0n) is 9.80. The highest BCUT2D eigenvalue weighted by Gasteiger charge is 2.38. The number of carbonyl (C=O) groups is 1. The average Bonchev–Trinajstić information content (AvgIpc) is 2.22. The van der Waals surface area contributed by atoms with Gasteiger partial charge in [-0.15, -0.1) is 0 Å². The third-order valence-electron chi connectivity index (χ3n) is 3.02. The fourth-order valence-corrected chi connectivity index (χ4v) is 2.21. The Balaban J connectivity index is 2.67. The van der Waals surface area contributed by atoms with Crippen molar-refractivity contribution in [1.82, 2.24) is 0 Å². The van der Waals surface area contributed by atoms with Crippen molar-refractivity contribution in [3.05, 3.63) is 0 Å². The van der Waals surface area contributed by atoms with Crippen LogP contribution < -0.4 is 0 Å². The molecule has 0 aromatic carbocycles. The molecule has 1 saturated heterocycles. The van der Waals surface area contributed by atoms with E-state index in [0.29, 0.717) is 11.8 Å². The lowest BCUT2D eigenvalue weighted by atomic mass is 9.87. The van der Waals surface area contributed by atoms with Crippen LogP contribution in [0.25, 0.3) is 0 Å². The Labute approximate surface area is 90.9 Å². The molecule has 0 aromatic heterocycles. The summed E-state index contributed by atoms with van der Waals surface area (Å²) in [7, 11) is 3.14. The van der Waals surface area contributed by atoms with E-state index in [2.05, 4.69) is 13.8 Å². The first-order chi connectivity index (χ1) is 7.13. The molecule has 88 valence electrons. The summed E-state index contributed by atoms with van der Waals surface area (Å²) in [6.45, 7) is 4.16. The molecule has 0 saturated carbocycles. The lowest BCUT2D eigenvalue weighted by Gasteiger charge is -2.39. The molecular weight excluding hydrogens is 196 g/mol. The van der Waals surface area contributed by atoms with Gasteiger partial charge in [0, 0.05) is 20.1 Å². The van der Waals surface area contributed by atoms with E-state index < -0.39 is 6.10 Å². The maximum Gasteiger partial charge on any atom is 0.160 e. The summed E-state index contributed by atoms with van der Waals surface area (Å²) < 4.78 is 16.0. The van der Waals surface area contributed by atoms with Crippen LogP contribution in [0.2, 0.25) is 0 Å². The highest BCUT2D eigenvalue weighted by molar-refractivity contribution is 5.57. The van der Waals surface area contributed by atoms with E-state index in [-0.39, 0.29) is 12.4 Å². The van der Waals surface area contributed by atoms with Crippen LogP contribution in [0, 0.1) is 11.8 Å². The number of carbonyl (C=O) groups excluding carboxylic acids is 1. The first-order valence-corrected chi connectivity index (χ1v) is 5.30. The van der Waals surface area contributed by atoms with Crippen molar-refractivity contribution in [2.24, 2.45) is 11.8 Å². The number of hydrogen-bond donors (Lipinski definition) is 0. The molecule has 0 unspecified atom stereocenters. The quantitative estimate of drug-likeness (QED) is 0.663. The lowest BCUT2D eigenvalue weighted by molar-refractivity contribution is -0.240. The second kappa shape index (κ2) is 5.58. The summed E-state index contributed by atoms with van der Waals surface area (Å²) in [6, 6.07) is 0. The fraction of sp³-hybridized carbons (Fsp3) is 0.909. The van der Waals surface area contributed by atoms with Crippen molar-refractivity contribution in [3.8, 4) is 0 Å². The van der Waals surface area contributed by atoms with Gasteiger partial charge >= 0.3 is 0 Å². The molecule has 0 radical (unpaired) electrons. The van der Waals surface area contributed by atoms with Crippen LogP contribution in [0.5, 0.6) is 0 Å². The minimum Gasteiger partial charge on any atom is -0.371 e. The van der Waals surface area contributed by atoms with Gasteiger partial charge < -0.3 is 19.0 Å². The van der Waals surface area contributed by atoms with Gasteiger partial charge in [-0.05, 0) is 12.3 Å². The number of aldehydes is 1. The monoisotopic (exact) mass is 216 g/mol. The zero-order valence-corrected chi connectivity index (χ0v) is 9.80. The highest BCUT2D eigenvalue weighted by atomic mass is 16.7. The zero-order chi connectivity index (χ0) is 11.4. The normalized spacial score (nSPS) is 38.7. The molecule has 0 spiro atoms. The Bertz CT molecular complexity index is 207. The molecule has 1 fully saturated rings. The van der Waals surface area contributed by atoms with E-state index in [4.69, 9.17) is 14.2 Å². The maximum absolute atomic E-state index is 10.8. The van der Waals surface area contributed by atoms with Gasteiger partial charge in [0.15, 0.2) is 12.6 Å². The molecule has 0 aromatic rings. The van der Waals surface area contributed by atoms with E-state index in [9.17, 15) is 4.79 Å². The highest BCUT2D eigenvalue weighted by Crippen LogP contribution is 2.31. The first-order valence-electron chi connectivity index (χ1n) is 5.30. The largest absolute Gasteiger partial charge is 0.371 e. The predicted octanol–water partition coefficient (Wildman–Crippen LogP) is 1.23. The van der Waals surface area contributed by atoms with E-state index in [1.165, 1.54) is 7.11 Å². The molecule has 1 aliphatic heterocycles. The van der Waals surface area contributed by atoms with E-state index in [1.807, 2.05) is 0 Å². The number of rotatable bonds is 4. The van der Waals surface area contributed by atoms with Crippen LogP contribution in [0.4, 0.5) is 0 Å². The van der Waals surface area contributed by atoms with Crippen molar-refractivity contribution < 1.29 is 19.0 Å². The Morgan fingerprint density at radius 1 is 1.33 bits per heavy atom. The summed E-state index contributed by atoms with van der Waals surface area (Å²) in [5.41, 5.74) is 0. The maximum atomic E-state index is 10.8. The summed E-state index contributed by atoms with van der Waals surface area (Å²) in [5.74, 6) is 0.659. The van der Waals surface area contributed by atoms with Crippen LogP contribution in [0.15, 0.2) is 0 Å². The molecule has 0 aliphatic carbocycles. The SMILES string of the molecule is CO[C@@H]1O[C@@H]([C@@H](C=O)OC)[C@H](C)C[C@@H]1C. The summed E-state index contributed by atoms with van der Waals surface area (Å²) in [5, 5.41) is 0. The Kier molecular flexibility index (Phi) is 4.70. The molecule has 15 heavy (non-hydrogen) atoms. The van der Waals surface area contributed by atoms with Gasteiger partial charge in [-0.3, -0.25) is 0 Å². The van der Waals surface area contributed by atoms with Crippen molar-refractivity contribution >= 4 is 6.29 Å². The Hall–Kier alpha value is -0.450. The van der Waals surface area contributed by atoms with Gasteiger partial charge in [-0.1, -0.05) is 13.8 Å². The van der Waals surface area contributed by atoms with Gasteiger partial charge in [0.05, 0.1) is 6.10 Å². The molecule has 1 rings (SSSR count). The Morgan fingerprint density at radius 3 is 2.47 bits per heavy atom. The van der Waals surface area contributed by atoms with Crippen molar-refractivity contribution in [2.45, 2.75) is 38.8 Å². The van der Waals surface area contributed by atoms with Crippen molar-refractivity contribution in [2.75, 3.05) is 14.2 Å². The van der Waals surface area contributed by atoms with E-state index in [1.54, 1.807) is 7.11 Å². The number of hydrogen-bond acceptors (Lipinski definition) is 4. The second-order valence-electron chi connectivity index (χ2n) is 4.23. The average molecular weight is 216 g/mol. The minimum atomic E-state index is -0.495. The smallest absolute Gasteiger partial charge is 0.160 e. The van der Waals surface area contributed by atoms with E-state index in [0.717, 1.165) is 12.7 Å². The van der Waals surface area contributed by atoms with Crippen LogP contribution in [-0.4, -0.2) is 39.0 Å². The van der Waals surface area contributed by atoms with Crippen LogP contribution in [0.1, 0.15) is 20.3 Å². The molecule has 0 bridgehead atoms.